The number of hydrogen-bond acceptors (Lipinski definition) is 3. The Balaban J connectivity index is 2.52. The minimum atomic E-state index is -0.239. The summed E-state index contributed by atoms with van der Waals surface area (Å²) in [5, 5.41) is 0.499. The maximum atomic E-state index is 12.7. The highest BCUT2D eigenvalue weighted by molar-refractivity contribution is 5.80. The van der Waals surface area contributed by atoms with Crippen molar-refractivity contribution in [2.45, 2.75) is 6.42 Å². The van der Waals surface area contributed by atoms with Gasteiger partial charge in [-0.2, -0.15) is 0 Å². The van der Waals surface area contributed by atoms with Crippen LogP contribution in [0.25, 0.3) is 17.0 Å². The molecule has 1 N–H and O–H groups in total. The highest BCUT2D eigenvalue weighted by Crippen LogP contribution is 2.15. The Labute approximate surface area is 115 Å². The number of nitrogens with one attached hydrogen (secondary N) is 1. The fraction of sp³-hybridized carbons (Fsp3) is 0.125. The molecule has 20 heavy (non-hydrogen) atoms. The van der Waals surface area contributed by atoms with E-state index < -0.39 is 0 Å². The average Bonchev–Trinajstić information content (AvgIpc) is 2.73. The Morgan fingerprint density at radius 2 is 2.00 bits per heavy atom. The second-order valence-electron chi connectivity index (χ2n) is 4.58. The predicted octanol–water partition coefficient (Wildman–Crippen LogP) is 1.99. The van der Waals surface area contributed by atoms with Crippen molar-refractivity contribution >= 4 is 17.0 Å². The third-order valence-electron chi connectivity index (χ3n) is 3.39. The summed E-state index contributed by atoms with van der Waals surface area (Å²) in [4.78, 5) is 27.7. The molecule has 1 heterocycles. The van der Waals surface area contributed by atoms with E-state index in [-0.39, 0.29) is 11.0 Å². The van der Waals surface area contributed by atoms with Gasteiger partial charge in [0.05, 0.1) is 12.6 Å². The number of para-hydroxylation sites is 1. The fourth-order valence-electron chi connectivity index (χ4n) is 2.36. The monoisotopic (exact) mass is 267 g/mol. The molecule has 0 radical (unpaired) electrons. The van der Waals surface area contributed by atoms with Gasteiger partial charge in [-0.25, -0.2) is 0 Å². The van der Waals surface area contributed by atoms with E-state index in [2.05, 4.69) is 4.98 Å². The van der Waals surface area contributed by atoms with Crippen LogP contribution in [0.2, 0.25) is 0 Å². The smallest absolute Gasteiger partial charge is 0.252 e. The number of hydrogen-bond donors (Lipinski definition) is 1. The largest absolute Gasteiger partial charge is 0.497 e. The zero-order valence-corrected chi connectivity index (χ0v) is 11.0. The number of allylic oxidation sites excluding steroid dienone is 2. The van der Waals surface area contributed by atoms with E-state index in [1.54, 1.807) is 36.4 Å². The van der Waals surface area contributed by atoms with E-state index in [1.807, 2.05) is 6.08 Å². The van der Waals surface area contributed by atoms with Crippen LogP contribution >= 0.6 is 0 Å². The molecule has 4 heteroatoms. The number of methoxy groups -OCH3 is 1. The van der Waals surface area contributed by atoms with Gasteiger partial charge in [0.1, 0.15) is 5.76 Å². The molecule has 0 saturated heterocycles. The maximum absolute atomic E-state index is 12.7. The van der Waals surface area contributed by atoms with Gasteiger partial charge in [0.2, 0.25) is 0 Å². The second-order valence-corrected chi connectivity index (χ2v) is 4.58. The number of aromatic amines is 1. The minimum absolute atomic E-state index is 0.160. The molecule has 1 aromatic heterocycles. The molecule has 0 bridgehead atoms. The molecular formula is C16H13NO3. The lowest BCUT2D eigenvalue weighted by Crippen LogP contribution is -2.13. The van der Waals surface area contributed by atoms with Gasteiger partial charge >= 0.3 is 0 Å². The predicted molar refractivity (Wildman–Crippen MR) is 78.7 cm³/mol. The van der Waals surface area contributed by atoms with E-state index in [9.17, 15) is 9.59 Å². The van der Waals surface area contributed by atoms with E-state index in [1.165, 1.54) is 7.11 Å². The molecule has 0 amide bonds. The van der Waals surface area contributed by atoms with Crippen molar-refractivity contribution in [2.75, 3.05) is 7.11 Å². The molecule has 1 aliphatic rings. The molecule has 3 rings (SSSR count). The SMILES string of the molecule is COC1=Cc2c(c(=O)[nH]c3ccccc3c2=O)CC=C1. The van der Waals surface area contributed by atoms with Crippen molar-refractivity contribution in [3.05, 3.63) is 73.9 Å². The highest BCUT2D eigenvalue weighted by Gasteiger charge is 2.13. The number of aromatic nitrogens is 1. The summed E-state index contributed by atoms with van der Waals surface area (Å²) in [7, 11) is 1.54. The number of rotatable bonds is 1. The molecule has 0 atom stereocenters. The molecule has 1 aliphatic carbocycles. The molecule has 0 fully saturated rings. The van der Waals surface area contributed by atoms with Crippen molar-refractivity contribution in [3.63, 3.8) is 0 Å². The van der Waals surface area contributed by atoms with Gasteiger partial charge in [0, 0.05) is 16.5 Å². The summed E-state index contributed by atoms with van der Waals surface area (Å²) in [6, 6.07) is 7.02. The Bertz CT molecular complexity index is 860. The molecule has 0 spiro atoms. The molecule has 0 saturated carbocycles. The second kappa shape index (κ2) is 4.81. The summed E-state index contributed by atoms with van der Waals surface area (Å²) >= 11 is 0. The maximum Gasteiger partial charge on any atom is 0.252 e. The van der Waals surface area contributed by atoms with Crippen molar-refractivity contribution in [2.24, 2.45) is 0 Å². The number of benzene rings is 1. The Morgan fingerprint density at radius 3 is 2.80 bits per heavy atom. The van der Waals surface area contributed by atoms with Crippen LogP contribution in [0.4, 0.5) is 0 Å². The van der Waals surface area contributed by atoms with Crippen LogP contribution in [0.5, 0.6) is 0 Å². The quantitative estimate of drug-likeness (QED) is 0.859. The van der Waals surface area contributed by atoms with Crippen LogP contribution in [-0.2, 0) is 11.2 Å². The zero-order valence-electron chi connectivity index (χ0n) is 11.0. The fourth-order valence-corrected chi connectivity index (χ4v) is 2.36. The van der Waals surface area contributed by atoms with Crippen molar-refractivity contribution in [1.82, 2.24) is 4.98 Å². The Morgan fingerprint density at radius 1 is 1.20 bits per heavy atom. The van der Waals surface area contributed by atoms with Crippen molar-refractivity contribution in [3.8, 4) is 0 Å². The summed E-state index contributed by atoms with van der Waals surface area (Å²) in [5.41, 5.74) is 1.01. The van der Waals surface area contributed by atoms with Crippen LogP contribution in [0.15, 0.2) is 51.8 Å². The van der Waals surface area contributed by atoms with Crippen LogP contribution in [0.1, 0.15) is 11.1 Å². The number of ether oxygens (including phenoxy) is 1. The van der Waals surface area contributed by atoms with Crippen LogP contribution in [0, 0.1) is 0 Å². The van der Waals surface area contributed by atoms with Gasteiger partial charge in [-0.05, 0) is 30.7 Å². The molecule has 0 unspecified atom stereocenters. The van der Waals surface area contributed by atoms with Gasteiger partial charge in [-0.15, -0.1) is 0 Å². The van der Waals surface area contributed by atoms with Crippen LogP contribution in [0.3, 0.4) is 0 Å². The van der Waals surface area contributed by atoms with Gasteiger partial charge in [0.15, 0.2) is 5.43 Å². The Hall–Kier alpha value is -2.62. The molecule has 0 aliphatic heterocycles. The first-order valence-corrected chi connectivity index (χ1v) is 6.31. The minimum Gasteiger partial charge on any atom is -0.497 e. The summed E-state index contributed by atoms with van der Waals surface area (Å²) < 4.78 is 5.19. The van der Waals surface area contributed by atoms with Gasteiger partial charge in [-0.1, -0.05) is 18.2 Å². The van der Waals surface area contributed by atoms with E-state index in [0.29, 0.717) is 34.2 Å². The number of H-pyrrole nitrogens is 1. The summed E-state index contributed by atoms with van der Waals surface area (Å²) in [6.07, 6.45) is 5.62. The first-order valence-electron chi connectivity index (χ1n) is 6.31. The van der Waals surface area contributed by atoms with Crippen molar-refractivity contribution < 1.29 is 4.74 Å². The average molecular weight is 267 g/mol. The normalized spacial score (nSPS) is 13.6. The van der Waals surface area contributed by atoms with E-state index in [0.717, 1.165) is 0 Å². The molecule has 100 valence electrons. The molecule has 1 aromatic carbocycles. The van der Waals surface area contributed by atoms with Crippen molar-refractivity contribution in [1.29, 1.82) is 0 Å². The highest BCUT2D eigenvalue weighted by atomic mass is 16.5. The standard InChI is InChI=1S/C16H13NO3/c1-20-10-5-4-7-11-13(9-10)15(18)12-6-2-3-8-14(12)17-16(11)19/h2-6,8-9H,7H2,1H3,(H,17,19). The number of fused-ring (bicyclic) bond motifs is 2. The molecule has 2 aromatic rings. The first kappa shape index (κ1) is 12.4. The first-order chi connectivity index (χ1) is 9.70. The van der Waals surface area contributed by atoms with Crippen LogP contribution < -0.4 is 11.0 Å². The van der Waals surface area contributed by atoms with Gasteiger partial charge in [-0.3, -0.25) is 9.59 Å². The van der Waals surface area contributed by atoms with E-state index >= 15 is 0 Å². The topological polar surface area (TPSA) is 59.2 Å². The van der Waals surface area contributed by atoms with Crippen LogP contribution in [-0.4, -0.2) is 12.1 Å². The third-order valence-corrected chi connectivity index (χ3v) is 3.39. The summed E-state index contributed by atoms with van der Waals surface area (Å²) in [5.74, 6) is 0.565. The summed E-state index contributed by atoms with van der Waals surface area (Å²) in [6.45, 7) is 0. The molecular weight excluding hydrogens is 254 g/mol. The zero-order chi connectivity index (χ0) is 14.1. The lowest BCUT2D eigenvalue weighted by atomic mass is 10.1. The molecule has 4 nitrogen and oxygen atoms in total. The van der Waals surface area contributed by atoms with Gasteiger partial charge < -0.3 is 9.72 Å². The third kappa shape index (κ3) is 1.95. The lowest BCUT2D eigenvalue weighted by Gasteiger charge is -1.98. The van der Waals surface area contributed by atoms with E-state index in [4.69, 9.17) is 4.74 Å². The Kier molecular flexibility index (Phi) is 2.99. The lowest BCUT2D eigenvalue weighted by molar-refractivity contribution is 0.310. The van der Waals surface area contributed by atoms with Gasteiger partial charge in [0.25, 0.3) is 5.56 Å².